The van der Waals surface area contributed by atoms with E-state index in [0.29, 0.717) is 0 Å². The fourth-order valence-electron chi connectivity index (χ4n) is 2.51. The van der Waals surface area contributed by atoms with Crippen LogP contribution in [-0.2, 0) is 4.74 Å². The maximum atomic E-state index is 5.29. The van der Waals surface area contributed by atoms with Gasteiger partial charge in [0.05, 0.1) is 12.9 Å². The molecule has 2 rings (SSSR count). The summed E-state index contributed by atoms with van der Waals surface area (Å²) in [7, 11) is 1.78. The number of allylic oxidation sites excluding steroid dienone is 3. The molecule has 2 aliphatic rings. The van der Waals surface area contributed by atoms with Crippen LogP contribution in [0.2, 0.25) is 0 Å². The summed E-state index contributed by atoms with van der Waals surface area (Å²) >= 11 is 0. The zero-order valence-corrected chi connectivity index (χ0v) is 7.68. The average Bonchev–Trinajstić information content (AvgIpc) is 2.02. The van der Waals surface area contributed by atoms with Gasteiger partial charge in [0.1, 0.15) is 0 Å². The normalized spacial score (nSPS) is 34.4. The smallest absolute Gasteiger partial charge is 0.0921 e. The van der Waals surface area contributed by atoms with E-state index in [-0.39, 0.29) is 0 Å². The molecule has 0 radical (unpaired) electrons. The molecule has 66 valence electrons. The lowest BCUT2D eigenvalue weighted by Gasteiger charge is -2.33. The quantitative estimate of drug-likeness (QED) is 0.541. The fraction of sp³-hybridized carbons (Fsp3) is 0.636. The van der Waals surface area contributed by atoms with Crippen molar-refractivity contribution in [2.75, 3.05) is 7.11 Å². The number of ether oxygens (including phenoxy) is 1. The van der Waals surface area contributed by atoms with Crippen LogP contribution in [0.5, 0.6) is 0 Å². The van der Waals surface area contributed by atoms with Crippen molar-refractivity contribution < 1.29 is 4.74 Å². The van der Waals surface area contributed by atoms with Crippen LogP contribution in [0.4, 0.5) is 0 Å². The molecule has 2 aliphatic carbocycles. The minimum absolute atomic E-state index is 0.722. The Bertz CT molecular complexity index is 227. The summed E-state index contributed by atoms with van der Waals surface area (Å²) in [6.45, 7) is 4.08. The summed E-state index contributed by atoms with van der Waals surface area (Å²) in [5, 5.41) is 0. The lowest BCUT2D eigenvalue weighted by Crippen LogP contribution is -2.21. The highest BCUT2D eigenvalue weighted by Gasteiger charge is 2.28. The molecule has 2 bridgehead atoms. The Balaban J connectivity index is 2.14. The molecule has 0 amide bonds. The van der Waals surface area contributed by atoms with Gasteiger partial charge >= 0.3 is 0 Å². The first-order valence-electron chi connectivity index (χ1n) is 4.69. The highest BCUT2D eigenvalue weighted by atomic mass is 16.5. The van der Waals surface area contributed by atoms with E-state index in [2.05, 4.69) is 12.7 Å². The second-order valence-electron chi connectivity index (χ2n) is 4.06. The van der Waals surface area contributed by atoms with Crippen molar-refractivity contribution in [2.24, 2.45) is 11.8 Å². The molecular formula is C11H16O. The molecule has 1 nitrogen and oxygen atoms in total. The van der Waals surface area contributed by atoms with Gasteiger partial charge in [-0.15, -0.1) is 0 Å². The molecule has 2 unspecified atom stereocenters. The van der Waals surface area contributed by atoms with Crippen molar-refractivity contribution in [1.82, 2.24) is 0 Å². The monoisotopic (exact) mass is 164 g/mol. The van der Waals surface area contributed by atoms with Gasteiger partial charge in [-0.1, -0.05) is 12.2 Å². The zero-order chi connectivity index (χ0) is 8.55. The first-order chi connectivity index (χ1) is 5.78. The summed E-state index contributed by atoms with van der Waals surface area (Å²) in [4.78, 5) is 0. The van der Waals surface area contributed by atoms with Crippen molar-refractivity contribution in [1.29, 1.82) is 0 Å². The Kier molecular flexibility index (Phi) is 1.95. The van der Waals surface area contributed by atoms with Gasteiger partial charge in [0.25, 0.3) is 0 Å². The summed E-state index contributed by atoms with van der Waals surface area (Å²) in [6, 6.07) is 0. The van der Waals surface area contributed by atoms with Crippen molar-refractivity contribution in [3.63, 3.8) is 0 Å². The molecule has 1 fully saturated rings. The van der Waals surface area contributed by atoms with Gasteiger partial charge in [-0.05, 0) is 37.2 Å². The van der Waals surface area contributed by atoms with Gasteiger partial charge in [0.15, 0.2) is 0 Å². The molecule has 0 spiro atoms. The van der Waals surface area contributed by atoms with Crippen molar-refractivity contribution >= 4 is 0 Å². The maximum Gasteiger partial charge on any atom is 0.0921 e. The first kappa shape index (κ1) is 7.90. The van der Waals surface area contributed by atoms with E-state index < -0.39 is 0 Å². The Morgan fingerprint density at radius 1 is 1.42 bits per heavy atom. The maximum absolute atomic E-state index is 5.29. The van der Waals surface area contributed by atoms with Crippen LogP contribution in [0, 0.1) is 11.8 Å². The highest BCUT2D eigenvalue weighted by molar-refractivity contribution is 5.14. The third kappa shape index (κ3) is 1.40. The van der Waals surface area contributed by atoms with Gasteiger partial charge in [-0.3, -0.25) is 0 Å². The number of fused-ring (bicyclic) bond motifs is 2. The van der Waals surface area contributed by atoms with Gasteiger partial charge in [0.2, 0.25) is 0 Å². The Hall–Kier alpha value is -0.720. The minimum Gasteiger partial charge on any atom is -0.501 e. The molecular weight excluding hydrogens is 148 g/mol. The van der Waals surface area contributed by atoms with Crippen LogP contribution in [0.1, 0.15) is 25.7 Å². The van der Waals surface area contributed by atoms with E-state index in [0.717, 1.165) is 18.3 Å². The fourth-order valence-corrected chi connectivity index (χ4v) is 2.51. The predicted molar refractivity (Wildman–Crippen MR) is 49.7 cm³/mol. The van der Waals surface area contributed by atoms with Crippen LogP contribution >= 0.6 is 0 Å². The molecule has 0 heterocycles. The van der Waals surface area contributed by atoms with Gasteiger partial charge in [-0.25, -0.2) is 0 Å². The van der Waals surface area contributed by atoms with E-state index in [4.69, 9.17) is 4.74 Å². The zero-order valence-electron chi connectivity index (χ0n) is 7.68. The second-order valence-corrected chi connectivity index (χ2v) is 4.06. The van der Waals surface area contributed by atoms with Gasteiger partial charge in [-0.2, -0.15) is 0 Å². The van der Waals surface area contributed by atoms with Gasteiger partial charge < -0.3 is 4.74 Å². The largest absolute Gasteiger partial charge is 0.501 e. The highest BCUT2D eigenvalue weighted by Crippen LogP contribution is 2.40. The van der Waals surface area contributed by atoms with E-state index in [1.807, 2.05) is 0 Å². The van der Waals surface area contributed by atoms with E-state index in [1.54, 1.807) is 7.11 Å². The molecule has 0 aromatic rings. The number of hydrogen-bond donors (Lipinski definition) is 0. The molecule has 0 saturated heterocycles. The first-order valence-corrected chi connectivity index (χ1v) is 4.69. The number of hydrogen-bond acceptors (Lipinski definition) is 1. The number of methoxy groups -OCH3 is 1. The van der Waals surface area contributed by atoms with Crippen LogP contribution in [0.3, 0.4) is 0 Å². The molecule has 1 saturated carbocycles. The molecule has 12 heavy (non-hydrogen) atoms. The van der Waals surface area contributed by atoms with Crippen LogP contribution in [-0.4, -0.2) is 7.11 Å². The van der Waals surface area contributed by atoms with Gasteiger partial charge in [0, 0.05) is 6.42 Å². The lowest BCUT2D eigenvalue weighted by atomic mass is 9.73. The Morgan fingerprint density at radius 3 is 2.92 bits per heavy atom. The predicted octanol–water partition coefficient (Wildman–Crippen LogP) is 2.89. The van der Waals surface area contributed by atoms with Crippen molar-refractivity contribution in [2.45, 2.75) is 25.7 Å². The molecule has 0 aromatic heterocycles. The summed E-state index contributed by atoms with van der Waals surface area (Å²) in [5.74, 6) is 2.74. The molecule has 0 aliphatic heterocycles. The third-order valence-corrected chi connectivity index (χ3v) is 2.94. The standard InChI is InChI=1S/C11H16O/c1-8-3-9-5-10(4-8)7-11(6-9)12-2/h6,9-10H,1,3-5,7H2,2H3. The molecule has 0 aromatic carbocycles. The van der Waals surface area contributed by atoms with Crippen molar-refractivity contribution in [3.8, 4) is 0 Å². The second kappa shape index (κ2) is 2.96. The summed E-state index contributed by atoms with van der Waals surface area (Å²) < 4.78 is 5.29. The molecule has 0 N–H and O–H groups in total. The van der Waals surface area contributed by atoms with E-state index in [9.17, 15) is 0 Å². The molecule has 2 atom stereocenters. The Labute approximate surface area is 74.1 Å². The molecule has 1 heteroatoms. The topological polar surface area (TPSA) is 9.23 Å². The SMILES string of the molecule is C=C1CC2C=C(OC)CC(C1)C2. The summed E-state index contributed by atoms with van der Waals surface area (Å²) in [6.07, 6.45) is 7.18. The Morgan fingerprint density at radius 2 is 2.25 bits per heavy atom. The van der Waals surface area contributed by atoms with Crippen LogP contribution < -0.4 is 0 Å². The lowest BCUT2D eigenvalue weighted by molar-refractivity contribution is 0.215. The number of rotatable bonds is 1. The van der Waals surface area contributed by atoms with Crippen LogP contribution in [0.25, 0.3) is 0 Å². The van der Waals surface area contributed by atoms with Crippen LogP contribution in [0.15, 0.2) is 24.0 Å². The van der Waals surface area contributed by atoms with E-state index >= 15 is 0 Å². The average molecular weight is 164 g/mol. The van der Waals surface area contributed by atoms with E-state index in [1.165, 1.54) is 30.6 Å². The minimum atomic E-state index is 0.722. The third-order valence-electron chi connectivity index (χ3n) is 2.94. The summed E-state index contributed by atoms with van der Waals surface area (Å²) in [5.41, 5.74) is 1.43. The van der Waals surface area contributed by atoms with Crippen molar-refractivity contribution in [3.05, 3.63) is 24.0 Å².